The molecule has 0 aromatic carbocycles. The number of carboxylic acids is 1. The Kier molecular flexibility index (Phi) is 8.49. The summed E-state index contributed by atoms with van der Waals surface area (Å²) in [4.78, 5) is 10.3. The minimum absolute atomic E-state index is 1.43. The Balaban J connectivity index is 6.43. The molecule has 0 radical (unpaired) electrons. The molecule has 0 aromatic heterocycles. The average Bonchev–Trinajstić information content (AvgIpc) is 2.63. The summed E-state index contributed by atoms with van der Waals surface area (Å²) >= 11 is 0. The largest absolute Gasteiger partial charge is 0.478 e. The highest BCUT2D eigenvalue weighted by Gasteiger charge is 2.89. The van der Waals surface area contributed by atoms with Crippen LogP contribution in [0.15, 0.2) is 12.2 Å². The molecule has 2 nitrogen and oxygen atoms in total. The summed E-state index contributed by atoms with van der Waals surface area (Å²) in [6.07, 6.45) is -17.5. The molecule has 0 spiro atoms. The number of rotatable bonds is 12. The van der Waals surface area contributed by atoms with Crippen molar-refractivity contribution in [2.45, 2.75) is 72.8 Å². The van der Waals surface area contributed by atoms with Crippen LogP contribution in [0.3, 0.4) is 0 Å². The molecule has 1 N–H and O–H groups in total. The Morgan fingerprint density at radius 3 is 1.14 bits per heavy atom. The van der Waals surface area contributed by atoms with Crippen LogP contribution in [0.2, 0.25) is 0 Å². The van der Waals surface area contributed by atoms with Crippen molar-refractivity contribution in [2.24, 2.45) is 0 Å². The van der Waals surface area contributed by atoms with Crippen molar-refractivity contribution < 1.29 is 93.3 Å². The molecule has 0 aromatic rings. The minimum atomic E-state index is -8.23. The van der Waals surface area contributed by atoms with Crippen molar-refractivity contribution in [3.63, 3.8) is 0 Å². The summed E-state index contributed by atoms with van der Waals surface area (Å²) in [5, 5.41) is 8.30. The second kappa shape index (κ2) is 9.02. The molecule has 0 aliphatic carbocycles. The highest BCUT2D eigenvalue weighted by molar-refractivity contribution is 5.85. The molecule has 0 fully saturated rings. The average molecular weight is 582 g/mol. The Morgan fingerprint density at radius 1 is 0.528 bits per heavy atom. The lowest BCUT2D eigenvalue weighted by Gasteiger charge is -2.41. The molecule has 0 bridgehead atoms. The number of alkyl halides is 19. The smallest absolute Gasteiger partial charge is 0.460 e. The van der Waals surface area contributed by atoms with E-state index in [-0.39, 0.29) is 0 Å². The third kappa shape index (κ3) is 5.14. The molecule has 0 aliphatic rings. The first-order valence-corrected chi connectivity index (χ1v) is 8.29. The van der Waals surface area contributed by atoms with Crippen LogP contribution in [-0.4, -0.2) is 64.6 Å². The summed E-state index contributed by atoms with van der Waals surface area (Å²) in [6, 6.07) is 0. The van der Waals surface area contributed by atoms with E-state index in [4.69, 9.17) is 5.11 Å². The normalized spacial score (nSPS) is 15.8. The van der Waals surface area contributed by atoms with Crippen molar-refractivity contribution >= 4 is 5.97 Å². The maximum Gasteiger partial charge on any atom is 0.460 e. The number of hydrogen-bond acceptors (Lipinski definition) is 1. The molecule has 0 aliphatic heterocycles. The lowest BCUT2D eigenvalue weighted by Crippen LogP contribution is -2.69. The predicted molar refractivity (Wildman–Crippen MR) is 76.3 cm³/mol. The van der Waals surface area contributed by atoms with Crippen LogP contribution in [0.5, 0.6) is 0 Å². The second-order valence-electron chi connectivity index (χ2n) is 7.07. The van der Waals surface area contributed by atoms with Gasteiger partial charge >= 0.3 is 59.5 Å². The summed E-state index contributed by atoms with van der Waals surface area (Å²) in [5.41, 5.74) is -1.43. The van der Waals surface area contributed by atoms with Gasteiger partial charge in [-0.05, 0) is 6.42 Å². The molecule has 0 heterocycles. The number of hydrogen-bond donors (Lipinski definition) is 1. The van der Waals surface area contributed by atoms with Gasteiger partial charge in [0, 0.05) is 12.0 Å². The van der Waals surface area contributed by atoms with E-state index in [0.717, 1.165) is 0 Å². The number of aliphatic carboxylic acids is 1. The molecular formula is C15H9F19O2. The molecule has 36 heavy (non-hydrogen) atoms. The molecule has 0 amide bonds. The van der Waals surface area contributed by atoms with Gasteiger partial charge in [0.05, 0.1) is 6.42 Å². The van der Waals surface area contributed by atoms with E-state index in [2.05, 4.69) is 6.58 Å². The van der Waals surface area contributed by atoms with E-state index >= 15 is 0 Å². The summed E-state index contributed by atoms with van der Waals surface area (Å²) in [6.45, 7) is 2.46. The predicted octanol–water partition coefficient (Wildman–Crippen LogP) is 7.44. The lowest BCUT2D eigenvalue weighted by molar-refractivity contribution is -0.424. The van der Waals surface area contributed by atoms with E-state index in [1.165, 1.54) is 0 Å². The third-order valence-corrected chi connectivity index (χ3v) is 4.40. The van der Waals surface area contributed by atoms with Gasteiger partial charge in [-0.15, -0.1) is 0 Å². The lowest BCUT2D eigenvalue weighted by atomic mass is 9.88. The number of carbonyl (C=O) groups is 1. The minimum Gasteiger partial charge on any atom is -0.478 e. The van der Waals surface area contributed by atoms with Crippen LogP contribution in [-0.2, 0) is 4.79 Å². The molecule has 21 heteroatoms. The zero-order valence-corrected chi connectivity index (χ0v) is 16.4. The van der Waals surface area contributed by atoms with Crippen molar-refractivity contribution in [3.05, 3.63) is 12.2 Å². The number of halogens is 19. The Bertz CT molecular complexity index is 838. The van der Waals surface area contributed by atoms with Crippen molar-refractivity contribution in [1.29, 1.82) is 0 Å². The highest BCUT2D eigenvalue weighted by atomic mass is 19.4. The van der Waals surface area contributed by atoms with Crippen molar-refractivity contribution in [1.82, 2.24) is 0 Å². The zero-order chi connectivity index (χ0) is 29.8. The van der Waals surface area contributed by atoms with Crippen LogP contribution in [0, 0.1) is 0 Å². The monoisotopic (exact) mass is 582 g/mol. The van der Waals surface area contributed by atoms with Gasteiger partial charge in [0.15, 0.2) is 0 Å². The first-order chi connectivity index (χ1) is 15.3. The molecular weight excluding hydrogens is 573 g/mol. The topological polar surface area (TPSA) is 37.3 Å². The fraction of sp³-hybridized carbons (Fsp3) is 0.800. The third-order valence-electron chi connectivity index (χ3n) is 4.40. The molecule has 0 unspecified atom stereocenters. The first kappa shape index (κ1) is 33.9. The molecule has 0 saturated carbocycles. The van der Waals surface area contributed by atoms with Gasteiger partial charge in [-0.25, -0.2) is 4.79 Å². The molecule has 0 atom stereocenters. The van der Waals surface area contributed by atoms with Gasteiger partial charge in [0.25, 0.3) is 0 Å². The molecule has 214 valence electrons. The summed E-state index contributed by atoms with van der Waals surface area (Å²) in [5.74, 6) is -64.4. The standard InChI is InChI=1S/C15H9F19O2/c1-5(6(35)36)2-3-7(16,17)10(22,23)13(28,29)11(24,25)8(18,19)4-9(20,21)12(26,27)14(30,31)15(32,33)34/h1-4H2,(H,35,36). The zero-order valence-electron chi connectivity index (χ0n) is 16.4. The Morgan fingerprint density at radius 2 is 0.833 bits per heavy atom. The van der Waals surface area contributed by atoms with E-state index in [1.807, 2.05) is 0 Å². The van der Waals surface area contributed by atoms with Gasteiger partial charge in [0.1, 0.15) is 0 Å². The Labute approximate surface area is 185 Å². The highest BCUT2D eigenvalue weighted by Crippen LogP contribution is 2.62. The van der Waals surface area contributed by atoms with Crippen molar-refractivity contribution in [3.8, 4) is 0 Å². The molecule has 0 saturated heterocycles. The van der Waals surface area contributed by atoms with E-state index in [1.54, 1.807) is 0 Å². The molecule has 0 rings (SSSR count). The second-order valence-corrected chi connectivity index (χ2v) is 7.07. The van der Waals surface area contributed by atoms with Gasteiger partial charge in [0.2, 0.25) is 0 Å². The van der Waals surface area contributed by atoms with E-state index in [0.29, 0.717) is 0 Å². The van der Waals surface area contributed by atoms with Gasteiger partial charge < -0.3 is 5.11 Å². The van der Waals surface area contributed by atoms with Crippen LogP contribution in [0.1, 0.15) is 19.3 Å². The van der Waals surface area contributed by atoms with Gasteiger partial charge in [-0.1, -0.05) is 6.58 Å². The van der Waals surface area contributed by atoms with Crippen LogP contribution in [0.4, 0.5) is 83.4 Å². The van der Waals surface area contributed by atoms with E-state index in [9.17, 15) is 88.2 Å². The van der Waals surface area contributed by atoms with E-state index < -0.39 is 84.4 Å². The first-order valence-electron chi connectivity index (χ1n) is 8.29. The summed E-state index contributed by atoms with van der Waals surface area (Å²) in [7, 11) is 0. The van der Waals surface area contributed by atoms with Crippen LogP contribution >= 0.6 is 0 Å². The fourth-order valence-electron chi connectivity index (χ4n) is 2.14. The van der Waals surface area contributed by atoms with Crippen LogP contribution in [0.25, 0.3) is 0 Å². The quantitative estimate of drug-likeness (QED) is 0.192. The van der Waals surface area contributed by atoms with Gasteiger partial charge in [-0.3, -0.25) is 0 Å². The van der Waals surface area contributed by atoms with Gasteiger partial charge in [-0.2, -0.15) is 83.4 Å². The van der Waals surface area contributed by atoms with Crippen LogP contribution < -0.4 is 0 Å². The Hall–Kier alpha value is -2.12. The number of carboxylic acid groups (broad SMARTS) is 1. The maximum absolute atomic E-state index is 13.6. The maximum atomic E-state index is 13.6. The van der Waals surface area contributed by atoms with Crippen molar-refractivity contribution in [2.75, 3.05) is 0 Å². The fourth-order valence-corrected chi connectivity index (χ4v) is 2.14. The SMILES string of the molecule is C=C(CCC(F)(F)C(F)(F)C(F)(F)C(F)(F)C(F)(F)CC(F)(F)C(F)(F)C(F)(F)C(F)(F)F)C(=O)O. The summed E-state index contributed by atoms with van der Waals surface area (Å²) < 4.78 is 249.